The van der Waals surface area contributed by atoms with Gasteiger partial charge in [-0.15, -0.1) is 0 Å². The van der Waals surface area contributed by atoms with Gasteiger partial charge in [0, 0.05) is 34.1 Å². The minimum atomic E-state index is -3.29. The van der Waals surface area contributed by atoms with Crippen LogP contribution in [0.4, 0.5) is 0 Å². The van der Waals surface area contributed by atoms with Crippen molar-refractivity contribution in [2.45, 2.75) is 32.8 Å². The minimum Gasteiger partial charge on any atom is -0.296 e. The summed E-state index contributed by atoms with van der Waals surface area (Å²) in [5, 5.41) is 1.06. The van der Waals surface area contributed by atoms with Gasteiger partial charge < -0.3 is 0 Å². The number of hydrogen-bond donors (Lipinski definition) is 0. The molecule has 0 N–H and O–H groups in total. The van der Waals surface area contributed by atoms with Crippen molar-refractivity contribution in [2.24, 2.45) is 5.41 Å². The Morgan fingerprint density at radius 3 is 2.41 bits per heavy atom. The second kappa shape index (κ2) is 6.08. The Hall–Kier alpha value is -0.0900. The smallest absolute Gasteiger partial charge is 0.296 e. The van der Waals surface area contributed by atoms with Crippen LogP contribution in [-0.4, -0.2) is 24.4 Å². The van der Waals surface area contributed by atoms with Crippen LogP contribution in [0, 0.1) is 5.41 Å². The van der Waals surface area contributed by atoms with Gasteiger partial charge in [0.25, 0.3) is 0 Å². The summed E-state index contributed by atoms with van der Waals surface area (Å²) in [6.45, 7) is 5.82. The van der Waals surface area contributed by atoms with Gasteiger partial charge in [0.15, 0.2) is 0 Å². The first-order valence-electron chi connectivity index (χ1n) is 7.46. The van der Waals surface area contributed by atoms with E-state index in [1.54, 1.807) is 18.2 Å². The zero-order valence-electron chi connectivity index (χ0n) is 12.7. The lowest BCUT2D eigenvalue weighted by atomic mass is 9.83. The molecule has 2 heterocycles. The third-order valence-corrected chi connectivity index (χ3v) is 6.92. The van der Waals surface area contributed by atoms with Crippen molar-refractivity contribution in [2.75, 3.05) is 19.7 Å². The fourth-order valence-electron chi connectivity index (χ4n) is 2.93. The van der Waals surface area contributed by atoms with Gasteiger partial charge in [-0.3, -0.25) is 9.05 Å². The van der Waals surface area contributed by atoms with Gasteiger partial charge in [0.05, 0.1) is 6.61 Å². The van der Waals surface area contributed by atoms with E-state index < -0.39 is 13.9 Å². The van der Waals surface area contributed by atoms with E-state index in [-0.39, 0.29) is 5.41 Å². The van der Waals surface area contributed by atoms with Gasteiger partial charge in [0.1, 0.15) is 6.10 Å². The molecule has 2 aliphatic heterocycles. The van der Waals surface area contributed by atoms with E-state index in [1.165, 1.54) is 0 Å². The van der Waals surface area contributed by atoms with E-state index in [0.717, 1.165) is 25.9 Å². The molecule has 2 fully saturated rings. The largest absolute Gasteiger partial charge is 0.408 e. The Balaban J connectivity index is 1.98. The highest BCUT2D eigenvalue weighted by Crippen LogP contribution is 2.64. The first-order chi connectivity index (χ1) is 10.3. The van der Waals surface area contributed by atoms with Crippen molar-refractivity contribution in [3.05, 3.63) is 33.8 Å². The summed E-state index contributed by atoms with van der Waals surface area (Å²) in [6.07, 6.45) is 1.56. The highest BCUT2D eigenvalue weighted by Gasteiger charge is 2.49. The number of nitrogens with zero attached hydrogens (tertiary/aromatic N) is 1. The Morgan fingerprint density at radius 2 is 1.82 bits per heavy atom. The topological polar surface area (TPSA) is 38.8 Å². The quantitative estimate of drug-likeness (QED) is 0.667. The Bertz CT molecular complexity index is 597. The number of benzene rings is 1. The SMILES string of the molecule is CC1(C)CO[P@](=O)(N2CCCC2)O[C@@H]1c1c(Cl)cccc1Cl. The van der Waals surface area contributed by atoms with E-state index in [0.29, 0.717) is 22.2 Å². The molecule has 0 radical (unpaired) electrons. The predicted octanol–water partition coefficient (Wildman–Crippen LogP) is 5.31. The zero-order valence-corrected chi connectivity index (χ0v) is 15.1. The van der Waals surface area contributed by atoms with Gasteiger partial charge >= 0.3 is 7.75 Å². The van der Waals surface area contributed by atoms with Crippen LogP contribution < -0.4 is 0 Å². The predicted molar refractivity (Wildman–Crippen MR) is 88.4 cm³/mol. The van der Waals surface area contributed by atoms with Crippen LogP contribution in [0.3, 0.4) is 0 Å². The first-order valence-corrected chi connectivity index (χ1v) is 9.71. The molecule has 4 nitrogen and oxygen atoms in total. The van der Waals surface area contributed by atoms with Crippen LogP contribution in [0.2, 0.25) is 10.0 Å². The summed E-state index contributed by atoms with van der Waals surface area (Å²) in [7, 11) is -3.29. The standard InChI is InChI=1S/C15H20Cl2NO3P/c1-15(2)10-20-22(19,18-8-3-4-9-18)21-14(15)13-11(16)6-5-7-12(13)17/h5-7,14H,3-4,8-10H2,1-2H3/t14-,22-/m1/s1. The zero-order chi connectivity index (χ0) is 16.0. The fourth-order valence-corrected chi connectivity index (χ4v) is 5.81. The van der Waals surface area contributed by atoms with Crippen molar-refractivity contribution in [3.8, 4) is 0 Å². The summed E-state index contributed by atoms with van der Waals surface area (Å²) < 4.78 is 26.6. The molecule has 0 saturated carbocycles. The molecule has 7 heteroatoms. The molecule has 0 unspecified atom stereocenters. The molecule has 22 heavy (non-hydrogen) atoms. The van der Waals surface area contributed by atoms with Crippen LogP contribution in [0.5, 0.6) is 0 Å². The monoisotopic (exact) mass is 363 g/mol. The molecule has 2 atom stereocenters. The van der Waals surface area contributed by atoms with Crippen LogP contribution in [0.1, 0.15) is 38.4 Å². The lowest BCUT2D eigenvalue weighted by Gasteiger charge is -2.44. The van der Waals surface area contributed by atoms with Crippen molar-refractivity contribution in [1.82, 2.24) is 4.67 Å². The van der Waals surface area contributed by atoms with Crippen LogP contribution in [0.25, 0.3) is 0 Å². The molecule has 0 amide bonds. The normalized spacial score (nSPS) is 32.3. The van der Waals surface area contributed by atoms with Crippen molar-refractivity contribution < 1.29 is 13.6 Å². The minimum absolute atomic E-state index is 0.340. The second-order valence-electron chi connectivity index (χ2n) is 6.51. The van der Waals surface area contributed by atoms with Crippen molar-refractivity contribution in [1.29, 1.82) is 0 Å². The lowest BCUT2D eigenvalue weighted by Crippen LogP contribution is -2.37. The molecular formula is C15H20Cl2NO3P. The molecule has 122 valence electrons. The van der Waals surface area contributed by atoms with E-state index in [9.17, 15) is 4.57 Å². The van der Waals surface area contributed by atoms with Gasteiger partial charge in [-0.05, 0) is 25.0 Å². The fraction of sp³-hybridized carbons (Fsp3) is 0.600. The second-order valence-corrected chi connectivity index (χ2v) is 9.30. The molecule has 1 aromatic carbocycles. The Labute approximate surface area is 141 Å². The van der Waals surface area contributed by atoms with Crippen LogP contribution in [0.15, 0.2) is 18.2 Å². The summed E-state index contributed by atoms with van der Waals surface area (Å²) in [6, 6.07) is 5.34. The molecule has 2 aliphatic rings. The van der Waals surface area contributed by atoms with E-state index in [2.05, 4.69) is 0 Å². The Morgan fingerprint density at radius 1 is 1.23 bits per heavy atom. The van der Waals surface area contributed by atoms with Gasteiger partial charge in [0.2, 0.25) is 0 Å². The molecular weight excluding hydrogens is 344 g/mol. The summed E-state index contributed by atoms with van der Waals surface area (Å²) in [4.78, 5) is 0. The Kier molecular flexibility index (Phi) is 4.63. The van der Waals surface area contributed by atoms with Crippen molar-refractivity contribution >= 4 is 30.9 Å². The van der Waals surface area contributed by atoms with Gasteiger partial charge in [-0.1, -0.05) is 43.1 Å². The van der Waals surface area contributed by atoms with E-state index in [1.807, 2.05) is 18.5 Å². The molecule has 0 aliphatic carbocycles. The van der Waals surface area contributed by atoms with Crippen molar-refractivity contribution in [3.63, 3.8) is 0 Å². The molecule has 1 aromatic rings. The molecule has 0 aromatic heterocycles. The third kappa shape index (κ3) is 2.98. The van der Waals surface area contributed by atoms with Crippen LogP contribution in [-0.2, 0) is 13.6 Å². The summed E-state index contributed by atoms with van der Waals surface area (Å²) in [5.74, 6) is 0. The lowest BCUT2D eigenvalue weighted by molar-refractivity contribution is -0.0401. The maximum Gasteiger partial charge on any atom is 0.408 e. The average molecular weight is 364 g/mol. The molecule has 0 bridgehead atoms. The average Bonchev–Trinajstić information content (AvgIpc) is 2.98. The number of hydrogen-bond acceptors (Lipinski definition) is 3. The van der Waals surface area contributed by atoms with Crippen LogP contribution >= 0.6 is 30.9 Å². The highest BCUT2D eigenvalue weighted by atomic mass is 35.5. The molecule has 0 spiro atoms. The number of halogens is 2. The molecule has 3 rings (SSSR count). The van der Waals surface area contributed by atoms with Gasteiger partial charge in [-0.25, -0.2) is 9.24 Å². The van der Waals surface area contributed by atoms with E-state index in [4.69, 9.17) is 32.2 Å². The molecule has 2 saturated heterocycles. The maximum absolute atomic E-state index is 13.1. The third-order valence-electron chi connectivity index (χ3n) is 4.24. The van der Waals surface area contributed by atoms with E-state index >= 15 is 0 Å². The first kappa shape index (κ1) is 16.8. The summed E-state index contributed by atoms with van der Waals surface area (Å²) in [5.41, 5.74) is 0.320. The maximum atomic E-state index is 13.1. The van der Waals surface area contributed by atoms with Gasteiger partial charge in [-0.2, -0.15) is 0 Å². The summed E-state index contributed by atoms with van der Waals surface area (Å²) >= 11 is 12.7. The highest BCUT2D eigenvalue weighted by molar-refractivity contribution is 7.51. The number of rotatable bonds is 2.